The highest BCUT2D eigenvalue weighted by Gasteiger charge is 2.34. The van der Waals surface area contributed by atoms with Crippen molar-refractivity contribution in [1.82, 2.24) is 4.98 Å². The quantitative estimate of drug-likeness (QED) is 0.846. The van der Waals surface area contributed by atoms with Crippen LogP contribution in [-0.2, 0) is 0 Å². The van der Waals surface area contributed by atoms with E-state index in [1.54, 1.807) is 0 Å². The highest BCUT2D eigenvalue weighted by molar-refractivity contribution is 5.86. The van der Waals surface area contributed by atoms with Crippen LogP contribution in [-0.4, -0.2) is 34.6 Å². The maximum Gasteiger partial charge on any atom is 0.574 e. The summed E-state index contributed by atoms with van der Waals surface area (Å²) in [5, 5.41) is 17.8. The second-order valence-electron chi connectivity index (χ2n) is 2.72. The number of carboxylic acid groups (broad SMARTS) is 1. The largest absolute Gasteiger partial charge is 0.574 e. The van der Waals surface area contributed by atoms with Crippen LogP contribution in [0.15, 0.2) is 6.07 Å². The molecule has 0 aliphatic heterocycles. The Kier molecular flexibility index (Phi) is 3.30. The molecule has 0 spiro atoms. The number of halogens is 3. The van der Waals surface area contributed by atoms with Gasteiger partial charge in [-0.3, -0.25) is 0 Å². The fraction of sp³-hybridized carbons (Fsp3) is 0.250. The predicted molar refractivity (Wildman–Crippen MR) is 46.1 cm³/mol. The first-order chi connectivity index (χ1) is 7.74. The third-order valence-electron chi connectivity index (χ3n) is 1.58. The number of aromatic nitrogens is 1. The van der Waals surface area contributed by atoms with Crippen LogP contribution in [0.25, 0.3) is 0 Å². The minimum atomic E-state index is -5.10. The summed E-state index contributed by atoms with van der Waals surface area (Å²) in [5.41, 5.74) is -0.751. The summed E-state index contributed by atoms with van der Waals surface area (Å²) < 4.78 is 43.6. The van der Waals surface area contributed by atoms with Crippen LogP contribution in [0.3, 0.4) is 0 Å². The molecule has 0 atom stereocenters. The van der Waals surface area contributed by atoms with Crippen molar-refractivity contribution < 1.29 is 37.7 Å². The smallest absolute Gasteiger partial charge is 0.501 e. The van der Waals surface area contributed by atoms with Crippen molar-refractivity contribution in [3.8, 4) is 17.4 Å². The van der Waals surface area contributed by atoms with E-state index in [9.17, 15) is 23.1 Å². The van der Waals surface area contributed by atoms with E-state index in [1.165, 1.54) is 0 Å². The molecule has 0 saturated carbocycles. The maximum atomic E-state index is 11.9. The molecule has 0 aliphatic rings. The number of carbonyl (C=O) groups is 1. The van der Waals surface area contributed by atoms with Gasteiger partial charge in [0.1, 0.15) is 0 Å². The molecular formula is C8H6F3NO5. The second-order valence-corrected chi connectivity index (χ2v) is 2.72. The summed E-state index contributed by atoms with van der Waals surface area (Å²) in [7, 11) is 1.04. The summed E-state index contributed by atoms with van der Waals surface area (Å²) in [6.07, 6.45) is -5.10. The highest BCUT2D eigenvalue weighted by atomic mass is 19.4. The van der Waals surface area contributed by atoms with Crippen molar-refractivity contribution >= 4 is 5.97 Å². The van der Waals surface area contributed by atoms with Crippen molar-refractivity contribution in [3.63, 3.8) is 0 Å². The molecule has 2 N–H and O–H groups in total. The van der Waals surface area contributed by atoms with Gasteiger partial charge in [0.25, 0.3) is 5.88 Å². The molecule has 9 heteroatoms. The van der Waals surface area contributed by atoms with Gasteiger partial charge in [0.05, 0.1) is 7.11 Å². The van der Waals surface area contributed by atoms with Gasteiger partial charge in [0, 0.05) is 6.07 Å². The van der Waals surface area contributed by atoms with Crippen LogP contribution >= 0.6 is 0 Å². The molecule has 94 valence electrons. The molecule has 6 nitrogen and oxygen atoms in total. The number of nitrogens with zero attached hydrogens (tertiary/aromatic N) is 1. The Labute approximate surface area is 92.2 Å². The molecule has 1 aromatic heterocycles. The fourth-order valence-corrected chi connectivity index (χ4v) is 0.938. The van der Waals surface area contributed by atoms with E-state index in [4.69, 9.17) is 5.11 Å². The summed E-state index contributed by atoms with van der Waals surface area (Å²) >= 11 is 0. The normalized spacial score (nSPS) is 11.1. The van der Waals surface area contributed by atoms with Crippen LogP contribution < -0.4 is 9.47 Å². The van der Waals surface area contributed by atoms with Crippen molar-refractivity contribution in [2.75, 3.05) is 7.11 Å². The topological polar surface area (TPSA) is 88.9 Å². The Morgan fingerprint density at radius 3 is 2.47 bits per heavy atom. The number of aromatic carboxylic acids is 1. The molecule has 1 aromatic rings. The zero-order valence-electron chi connectivity index (χ0n) is 8.28. The number of rotatable bonds is 3. The predicted octanol–water partition coefficient (Wildman–Crippen LogP) is 1.39. The SMILES string of the molecule is COc1cc(C(=O)O)nc(OC(F)(F)F)c1O. The average molecular weight is 253 g/mol. The van der Waals surface area contributed by atoms with E-state index in [1.807, 2.05) is 0 Å². The number of hydrogen-bond acceptors (Lipinski definition) is 5. The van der Waals surface area contributed by atoms with Crippen LogP contribution in [0.2, 0.25) is 0 Å². The van der Waals surface area contributed by atoms with Crippen molar-refractivity contribution in [1.29, 1.82) is 0 Å². The molecule has 1 heterocycles. The molecule has 0 aliphatic carbocycles. The lowest BCUT2D eigenvalue weighted by Gasteiger charge is -2.11. The van der Waals surface area contributed by atoms with Gasteiger partial charge in [0.2, 0.25) is 5.75 Å². The maximum absolute atomic E-state index is 11.9. The van der Waals surface area contributed by atoms with E-state index in [-0.39, 0.29) is 0 Å². The molecule has 0 radical (unpaired) electrons. The van der Waals surface area contributed by atoms with Gasteiger partial charge in [-0.15, -0.1) is 13.2 Å². The first kappa shape index (κ1) is 12.9. The minimum Gasteiger partial charge on any atom is -0.501 e. The molecule has 0 fully saturated rings. The summed E-state index contributed by atoms with van der Waals surface area (Å²) in [6, 6.07) is 0.765. The first-order valence-electron chi connectivity index (χ1n) is 4.01. The zero-order valence-corrected chi connectivity index (χ0v) is 8.28. The molecule has 0 amide bonds. The van der Waals surface area contributed by atoms with Gasteiger partial charge in [-0.05, 0) is 0 Å². The molecule has 0 bridgehead atoms. The third kappa shape index (κ3) is 3.13. The standard InChI is InChI=1S/C8H6F3NO5/c1-16-4-2-3(7(14)15)12-6(5(4)13)17-8(9,10)11/h2,13H,1H3,(H,14,15). The van der Waals surface area contributed by atoms with E-state index in [0.29, 0.717) is 0 Å². The Bertz CT molecular complexity index is 446. The summed E-state index contributed by atoms with van der Waals surface area (Å²) in [5.74, 6) is -4.39. The molecule has 17 heavy (non-hydrogen) atoms. The number of hydrogen-bond donors (Lipinski definition) is 2. The minimum absolute atomic E-state index is 0.489. The Morgan fingerprint density at radius 2 is 2.06 bits per heavy atom. The monoisotopic (exact) mass is 253 g/mol. The average Bonchev–Trinajstić information content (AvgIpc) is 2.18. The van der Waals surface area contributed by atoms with E-state index < -0.39 is 35.4 Å². The lowest BCUT2D eigenvalue weighted by Crippen LogP contribution is -2.19. The van der Waals surface area contributed by atoms with Gasteiger partial charge < -0.3 is 19.7 Å². The van der Waals surface area contributed by atoms with Crippen molar-refractivity contribution in [2.24, 2.45) is 0 Å². The number of carboxylic acids is 1. The Hall–Kier alpha value is -2.19. The van der Waals surface area contributed by atoms with Crippen molar-refractivity contribution in [2.45, 2.75) is 6.36 Å². The number of pyridine rings is 1. The lowest BCUT2D eigenvalue weighted by molar-refractivity contribution is -0.276. The number of aromatic hydroxyl groups is 1. The van der Waals surface area contributed by atoms with Crippen LogP contribution in [0.1, 0.15) is 10.5 Å². The van der Waals surface area contributed by atoms with Gasteiger partial charge in [-0.1, -0.05) is 0 Å². The number of methoxy groups -OCH3 is 1. The molecule has 0 unspecified atom stereocenters. The molecular weight excluding hydrogens is 247 g/mol. The Balaban J connectivity index is 3.28. The van der Waals surface area contributed by atoms with Crippen LogP contribution in [0.5, 0.6) is 17.4 Å². The molecule has 0 saturated heterocycles. The Morgan fingerprint density at radius 1 is 1.47 bits per heavy atom. The molecule has 1 rings (SSSR count). The van der Waals surface area contributed by atoms with Crippen molar-refractivity contribution in [3.05, 3.63) is 11.8 Å². The van der Waals surface area contributed by atoms with Gasteiger partial charge in [-0.25, -0.2) is 9.78 Å². The lowest BCUT2D eigenvalue weighted by atomic mass is 10.3. The first-order valence-corrected chi connectivity index (χ1v) is 4.01. The summed E-state index contributed by atoms with van der Waals surface area (Å²) in [4.78, 5) is 13.6. The van der Waals surface area contributed by atoms with E-state index in [0.717, 1.165) is 13.2 Å². The van der Waals surface area contributed by atoms with Gasteiger partial charge in [0.15, 0.2) is 11.4 Å². The molecule has 0 aromatic carbocycles. The number of alkyl halides is 3. The van der Waals surface area contributed by atoms with Gasteiger partial charge in [-0.2, -0.15) is 0 Å². The van der Waals surface area contributed by atoms with Gasteiger partial charge >= 0.3 is 12.3 Å². The summed E-state index contributed by atoms with van der Waals surface area (Å²) in [6.45, 7) is 0. The highest BCUT2D eigenvalue weighted by Crippen LogP contribution is 2.37. The van der Waals surface area contributed by atoms with Crippen LogP contribution in [0.4, 0.5) is 13.2 Å². The number of ether oxygens (including phenoxy) is 2. The second kappa shape index (κ2) is 4.36. The zero-order chi connectivity index (χ0) is 13.2. The third-order valence-corrected chi connectivity index (χ3v) is 1.58. The van der Waals surface area contributed by atoms with E-state index >= 15 is 0 Å². The van der Waals surface area contributed by atoms with Crippen LogP contribution in [0, 0.1) is 0 Å². The van der Waals surface area contributed by atoms with E-state index in [2.05, 4.69) is 14.5 Å². The fourth-order valence-electron chi connectivity index (χ4n) is 0.938.